The normalized spacial score (nSPS) is 11.2. The molecule has 0 saturated heterocycles. The first-order valence-corrected chi connectivity index (χ1v) is 5.90. The van der Waals surface area contributed by atoms with Gasteiger partial charge in [0.15, 0.2) is 0 Å². The Hall–Kier alpha value is -1.82. The van der Waals surface area contributed by atoms with Crippen LogP contribution in [0.4, 0.5) is 0 Å². The van der Waals surface area contributed by atoms with Crippen LogP contribution in [0.1, 0.15) is 42.9 Å². The Balaban J connectivity index is 2.54. The minimum atomic E-state index is -0.143. The minimum absolute atomic E-state index is 0.143. The molecule has 18 heavy (non-hydrogen) atoms. The van der Waals surface area contributed by atoms with E-state index in [1.54, 1.807) is 10.9 Å². The van der Waals surface area contributed by atoms with Crippen molar-refractivity contribution in [2.45, 2.75) is 40.2 Å². The van der Waals surface area contributed by atoms with Crippen molar-refractivity contribution in [2.24, 2.45) is 0 Å². The summed E-state index contributed by atoms with van der Waals surface area (Å²) in [6.45, 7) is 7.57. The number of aromatic nitrogens is 5. The first-order chi connectivity index (χ1) is 8.52. The van der Waals surface area contributed by atoms with E-state index in [-0.39, 0.29) is 12.5 Å². The molecule has 6 nitrogen and oxygen atoms in total. The summed E-state index contributed by atoms with van der Waals surface area (Å²) in [5, 5.41) is 13.7. The van der Waals surface area contributed by atoms with E-state index in [0.29, 0.717) is 17.2 Å². The third-order valence-electron chi connectivity index (χ3n) is 2.63. The predicted octanol–water partition coefficient (Wildman–Crippen LogP) is 1.29. The van der Waals surface area contributed by atoms with Crippen LogP contribution in [0.3, 0.4) is 0 Å². The summed E-state index contributed by atoms with van der Waals surface area (Å²) in [6, 6.07) is 0. The molecule has 0 bridgehead atoms. The molecule has 2 heterocycles. The summed E-state index contributed by atoms with van der Waals surface area (Å²) in [7, 11) is 0. The molecule has 0 atom stereocenters. The Labute approximate surface area is 106 Å². The van der Waals surface area contributed by atoms with Gasteiger partial charge in [0.05, 0.1) is 18.5 Å². The zero-order chi connectivity index (χ0) is 13.3. The first-order valence-electron chi connectivity index (χ1n) is 5.90. The molecule has 1 N–H and O–H groups in total. The Morgan fingerprint density at radius 2 is 2.00 bits per heavy atom. The van der Waals surface area contributed by atoms with Crippen molar-refractivity contribution in [1.29, 1.82) is 0 Å². The van der Waals surface area contributed by atoms with E-state index >= 15 is 0 Å². The summed E-state index contributed by atoms with van der Waals surface area (Å²) in [6.07, 6.45) is 1.69. The third kappa shape index (κ3) is 2.24. The quantitative estimate of drug-likeness (QED) is 0.884. The second-order valence-corrected chi connectivity index (χ2v) is 4.49. The van der Waals surface area contributed by atoms with Crippen LogP contribution >= 0.6 is 0 Å². The number of nitrogens with zero attached hydrogens (tertiary/aromatic N) is 5. The fraction of sp³-hybridized carbons (Fsp3) is 0.500. The average Bonchev–Trinajstić information content (AvgIpc) is 2.67. The largest absolute Gasteiger partial charge is 0.390 e. The number of aliphatic hydroxyl groups excluding tert-OH is 1. The molecule has 2 rings (SSSR count). The third-order valence-corrected chi connectivity index (χ3v) is 2.63. The summed E-state index contributed by atoms with van der Waals surface area (Å²) < 4.78 is 1.66. The zero-order valence-corrected chi connectivity index (χ0v) is 11.0. The smallest absolute Gasteiger partial charge is 0.148 e. The summed E-state index contributed by atoms with van der Waals surface area (Å²) >= 11 is 0. The van der Waals surface area contributed by atoms with Crippen LogP contribution in [-0.2, 0) is 6.61 Å². The Bertz CT molecular complexity index is 562. The second-order valence-electron chi connectivity index (χ2n) is 4.49. The second kappa shape index (κ2) is 4.81. The predicted molar refractivity (Wildman–Crippen MR) is 66.4 cm³/mol. The maximum absolute atomic E-state index is 9.43. The molecule has 0 aromatic carbocycles. The number of aliphatic hydroxyl groups is 1. The van der Waals surface area contributed by atoms with Crippen molar-refractivity contribution >= 4 is 0 Å². The van der Waals surface area contributed by atoms with Gasteiger partial charge in [0.25, 0.3) is 0 Å². The maximum Gasteiger partial charge on any atom is 0.148 e. The molecule has 0 unspecified atom stereocenters. The molecule has 0 aliphatic heterocycles. The molecule has 0 amide bonds. The lowest BCUT2D eigenvalue weighted by molar-refractivity contribution is 0.275. The lowest BCUT2D eigenvalue weighted by Gasteiger charge is -2.10. The van der Waals surface area contributed by atoms with Gasteiger partial charge in [-0.2, -0.15) is 5.10 Å². The summed E-state index contributed by atoms with van der Waals surface area (Å²) in [4.78, 5) is 12.9. The molecule has 2 aromatic rings. The molecule has 0 aliphatic rings. The SMILES string of the molecule is Cc1nc(C)n(-c2cnc(C(C)C)nc2CO)n1. The topological polar surface area (TPSA) is 76.7 Å². The fourth-order valence-corrected chi connectivity index (χ4v) is 1.75. The molecule has 0 fully saturated rings. The van der Waals surface area contributed by atoms with Crippen molar-refractivity contribution in [3.8, 4) is 5.69 Å². The van der Waals surface area contributed by atoms with E-state index in [0.717, 1.165) is 11.6 Å². The van der Waals surface area contributed by atoms with Crippen LogP contribution in [0.2, 0.25) is 0 Å². The molecule has 2 aromatic heterocycles. The molecular formula is C12H17N5O. The highest BCUT2D eigenvalue weighted by Gasteiger charge is 2.13. The molecule has 0 spiro atoms. The van der Waals surface area contributed by atoms with Crippen LogP contribution < -0.4 is 0 Å². The van der Waals surface area contributed by atoms with E-state index in [9.17, 15) is 5.11 Å². The van der Waals surface area contributed by atoms with Gasteiger partial charge >= 0.3 is 0 Å². The van der Waals surface area contributed by atoms with E-state index in [1.165, 1.54) is 0 Å². The number of aryl methyl sites for hydroxylation is 2. The molecule has 0 radical (unpaired) electrons. The molecule has 6 heteroatoms. The van der Waals surface area contributed by atoms with Crippen molar-refractivity contribution < 1.29 is 5.11 Å². The van der Waals surface area contributed by atoms with E-state index < -0.39 is 0 Å². The van der Waals surface area contributed by atoms with E-state index in [2.05, 4.69) is 20.1 Å². The lowest BCUT2D eigenvalue weighted by Crippen LogP contribution is -2.10. The van der Waals surface area contributed by atoms with Gasteiger partial charge in [-0.3, -0.25) is 0 Å². The summed E-state index contributed by atoms with van der Waals surface area (Å²) in [5.41, 5.74) is 1.25. The van der Waals surface area contributed by atoms with Crippen LogP contribution in [0.15, 0.2) is 6.20 Å². The van der Waals surface area contributed by atoms with Crippen molar-refractivity contribution in [3.05, 3.63) is 29.4 Å². The Kier molecular flexibility index (Phi) is 3.38. The first kappa shape index (κ1) is 12.6. The van der Waals surface area contributed by atoms with Crippen molar-refractivity contribution in [1.82, 2.24) is 24.7 Å². The molecular weight excluding hydrogens is 230 g/mol. The minimum Gasteiger partial charge on any atom is -0.390 e. The van der Waals surface area contributed by atoms with Gasteiger partial charge in [0, 0.05) is 5.92 Å². The van der Waals surface area contributed by atoms with Crippen LogP contribution in [0.25, 0.3) is 5.69 Å². The van der Waals surface area contributed by atoms with Crippen molar-refractivity contribution in [3.63, 3.8) is 0 Å². The van der Waals surface area contributed by atoms with Crippen LogP contribution in [-0.4, -0.2) is 29.8 Å². The molecule has 96 valence electrons. The van der Waals surface area contributed by atoms with Gasteiger partial charge < -0.3 is 5.11 Å². The van der Waals surface area contributed by atoms with Gasteiger partial charge in [-0.25, -0.2) is 19.6 Å². The Morgan fingerprint density at radius 3 is 2.50 bits per heavy atom. The number of rotatable bonds is 3. The van der Waals surface area contributed by atoms with Crippen molar-refractivity contribution in [2.75, 3.05) is 0 Å². The highest BCUT2D eigenvalue weighted by Crippen LogP contribution is 2.16. The Morgan fingerprint density at radius 1 is 1.28 bits per heavy atom. The lowest BCUT2D eigenvalue weighted by atomic mass is 10.2. The highest BCUT2D eigenvalue weighted by atomic mass is 16.3. The monoisotopic (exact) mass is 247 g/mol. The fourth-order valence-electron chi connectivity index (χ4n) is 1.75. The van der Waals surface area contributed by atoms with Gasteiger partial charge in [0.1, 0.15) is 23.2 Å². The maximum atomic E-state index is 9.43. The highest BCUT2D eigenvalue weighted by molar-refractivity contribution is 5.34. The van der Waals surface area contributed by atoms with E-state index in [4.69, 9.17) is 0 Å². The standard InChI is InChI=1S/C12H17N5O/c1-7(2)12-13-5-11(10(6-18)15-12)17-9(4)14-8(3)16-17/h5,7,18H,6H2,1-4H3. The average molecular weight is 247 g/mol. The van der Waals surface area contributed by atoms with Gasteiger partial charge in [-0.1, -0.05) is 13.8 Å². The molecule has 0 aliphatic carbocycles. The number of hydrogen-bond donors (Lipinski definition) is 1. The zero-order valence-electron chi connectivity index (χ0n) is 11.0. The van der Waals surface area contributed by atoms with Crippen LogP contribution in [0, 0.1) is 13.8 Å². The molecule has 0 saturated carbocycles. The summed E-state index contributed by atoms with van der Waals surface area (Å²) in [5.74, 6) is 2.38. The number of hydrogen-bond acceptors (Lipinski definition) is 5. The van der Waals surface area contributed by atoms with Crippen LogP contribution in [0.5, 0.6) is 0 Å². The van der Waals surface area contributed by atoms with Gasteiger partial charge in [0.2, 0.25) is 0 Å². The van der Waals surface area contributed by atoms with E-state index in [1.807, 2.05) is 27.7 Å². The van der Waals surface area contributed by atoms with Gasteiger partial charge in [-0.15, -0.1) is 0 Å². The van der Waals surface area contributed by atoms with Gasteiger partial charge in [-0.05, 0) is 13.8 Å².